The van der Waals surface area contributed by atoms with E-state index in [2.05, 4.69) is 41.4 Å². The highest BCUT2D eigenvalue weighted by Crippen LogP contribution is 2.37. The summed E-state index contributed by atoms with van der Waals surface area (Å²) in [6, 6.07) is 7.06. The molecule has 1 unspecified atom stereocenters. The molecule has 1 aromatic rings. The first-order valence-electron chi connectivity index (χ1n) is 11.2. The van der Waals surface area contributed by atoms with Gasteiger partial charge in [-0.2, -0.15) is 13.2 Å². The smallest absolute Gasteiger partial charge is 0.381 e. The van der Waals surface area contributed by atoms with Crippen molar-refractivity contribution in [2.45, 2.75) is 51.2 Å². The monoisotopic (exact) mass is 568 g/mol. The van der Waals surface area contributed by atoms with Gasteiger partial charge in [0.2, 0.25) is 0 Å². The highest BCUT2D eigenvalue weighted by molar-refractivity contribution is 14.0. The molecule has 1 atom stereocenters. The Kier molecular flexibility index (Phi) is 10.1. The summed E-state index contributed by atoms with van der Waals surface area (Å²) in [6.07, 6.45) is -2.36. The van der Waals surface area contributed by atoms with Crippen LogP contribution in [0.2, 0.25) is 0 Å². The molecule has 0 radical (unpaired) electrons. The maximum absolute atomic E-state index is 13.1. The van der Waals surface area contributed by atoms with Crippen LogP contribution < -0.4 is 5.32 Å². The first-order chi connectivity index (χ1) is 14.8. The van der Waals surface area contributed by atoms with Gasteiger partial charge < -0.3 is 15.0 Å². The molecule has 2 aliphatic rings. The molecule has 0 aliphatic carbocycles. The van der Waals surface area contributed by atoms with Crippen molar-refractivity contribution in [1.29, 1.82) is 0 Å². The van der Waals surface area contributed by atoms with Crippen molar-refractivity contribution in [3.63, 3.8) is 0 Å². The molecule has 0 bridgehead atoms. The Labute approximate surface area is 206 Å². The van der Waals surface area contributed by atoms with Gasteiger partial charge >= 0.3 is 6.18 Å². The fraction of sp³-hybridized carbons (Fsp3) is 0.696. The number of halogens is 4. The number of aryl methyl sites for hydroxylation is 1. The number of hydrogen-bond acceptors (Lipinski definition) is 3. The third kappa shape index (κ3) is 6.50. The zero-order valence-corrected chi connectivity index (χ0v) is 21.6. The van der Waals surface area contributed by atoms with Crippen molar-refractivity contribution in [3.8, 4) is 0 Å². The molecule has 2 fully saturated rings. The van der Waals surface area contributed by atoms with Crippen LogP contribution in [0.15, 0.2) is 29.3 Å². The number of ether oxygens (including phenoxy) is 1. The lowest BCUT2D eigenvalue weighted by molar-refractivity contribution is -0.181. The van der Waals surface area contributed by atoms with Gasteiger partial charge in [0.15, 0.2) is 5.96 Å². The quantitative estimate of drug-likeness (QED) is 0.329. The minimum absolute atomic E-state index is 0. The molecule has 1 N–H and O–H groups in total. The number of benzene rings is 1. The van der Waals surface area contributed by atoms with Crippen molar-refractivity contribution in [2.24, 2.45) is 4.99 Å². The van der Waals surface area contributed by atoms with E-state index in [0.29, 0.717) is 45.9 Å². The number of nitrogens with one attached hydrogen (secondary N) is 1. The summed E-state index contributed by atoms with van der Waals surface area (Å²) < 4.78 is 44.9. The number of rotatable bonds is 5. The van der Waals surface area contributed by atoms with E-state index in [1.165, 1.54) is 23.0 Å². The predicted octanol–water partition coefficient (Wildman–Crippen LogP) is 4.20. The minimum atomic E-state index is -4.19. The maximum Gasteiger partial charge on any atom is 0.403 e. The van der Waals surface area contributed by atoms with E-state index in [-0.39, 0.29) is 29.4 Å². The highest BCUT2D eigenvalue weighted by Gasteiger charge is 2.41. The van der Waals surface area contributed by atoms with Crippen molar-refractivity contribution < 1.29 is 17.9 Å². The maximum atomic E-state index is 13.1. The zero-order chi connectivity index (χ0) is 22.5. The van der Waals surface area contributed by atoms with Gasteiger partial charge in [0.05, 0.1) is 6.54 Å². The molecule has 2 aliphatic heterocycles. The Balaban J connectivity index is 0.00000363. The van der Waals surface area contributed by atoms with E-state index in [0.717, 1.165) is 25.3 Å². The van der Waals surface area contributed by atoms with Gasteiger partial charge in [-0.15, -0.1) is 24.0 Å². The lowest BCUT2D eigenvalue weighted by Crippen LogP contribution is -2.57. The summed E-state index contributed by atoms with van der Waals surface area (Å²) in [5, 5.41) is 3.35. The first-order valence-corrected chi connectivity index (χ1v) is 11.2. The fourth-order valence-corrected chi connectivity index (χ4v) is 4.62. The SMILES string of the molecule is CCNC(=NCC1(c2ccccc2C)CCOCC1)N1CCN(C(C)C(F)(F)F)CC1.I. The zero-order valence-electron chi connectivity index (χ0n) is 19.2. The molecular formula is C23H36F3IN4O. The molecular weight excluding hydrogens is 532 g/mol. The van der Waals surface area contributed by atoms with Crippen LogP contribution in [-0.4, -0.2) is 80.5 Å². The molecule has 0 spiro atoms. The Morgan fingerprint density at radius 1 is 1.16 bits per heavy atom. The highest BCUT2D eigenvalue weighted by atomic mass is 127. The lowest BCUT2D eigenvalue weighted by atomic mass is 9.72. The minimum Gasteiger partial charge on any atom is -0.381 e. The van der Waals surface area contributed by atoms with Gasteiger partial charge in [0.25, 0.3) is 0 Å². The van der Waals surface area contributed by atoms with Crippen molar-refractivity contribution in [3.05, 3.63) is 35.4 Å². The normalized spacial score (nSPS) is 21.1. The fourth-order valence-electron chi connectivity index (χ4n) is 4.62. The second kappa shape index (κ2) is 11.9. The van der Waals surface area contributed by atoms with Crippen LogP contribution in [-0.2, 0) is 10.2 Å². The molecule has 5 nitrogen and oxygen atoms in total. The van der Waals surface area contributed by atoms with E-state index < -0.39 is 12.2 Å². The summed E-state index contributed by atoms with van der Waals surface area (Å²) in [7, 11) is 0. The van der Waals surface area contributed by atoms with Crippen LogP contribution >= 0.6 is 24.0 Å². The second-order valence-corrected chi connectivity index (χ2v) is 8.62. The molecule has 32 heavy (non-hydrogen) atoms. The van der Waals surface area contributed by atoms with Crippen LogP contribution in [0.5, 0.6) is 0 Å². The van der Waals surface area contributed by atoms with Crippen molar-refractivity contribution >= 4 is 29.9 Å². The first kappa shape index (κ1) is 27.2. The molecule has 0 aromatic heterocycles. The number of hydrogen-bond donors (Lipinski definition) is 1. The van der Waals surface area contributed by atoms with E-state index in [9.17, 15) is 13.2 Å². The Bertz CT molecular complexity index is 745. The van der Waals surface area contributed by atoms with Crippen molar-refractivity contribution in [1.82, 2.24) is 15.1 Å². The number of nitrogens with zero attached hydrogens (tertiary/aromatic N) is 3. The Morgan fingerprint density at radius 3 is 2.34 bits per heavy atom. The third-order valence-electron chi connectivity index (χ3n) is 6.67. The molecule has 1 aromatic carbocycles. The Hall–Kier alpha value is -1.07. The lowest BCUT2D eigenvalue weighted by Gasteiger charge is -2.41. The molecule has 0 amide bonds. The van der Waals surface area contributed by atoms with Gasteiger partial charge in [-0.3, -0.25) is 9.89 Å². The van der Waals surface area contributed by atoms with Crippen LogP contribution in [0.25, 0.3) is 0 Å². The summed E-state index contributed by atoms with van der Waals surface area (Å²) >= 11 is 0. The summed E-state index contributed by atoms with van der Waals surface area (Å²) in [5.74, 6) is 0.793. The van der Waals surface area contributed by atoms with Crippen molar-refractivity contribution in [2.75, 3.05) is 52.5 Å². The predicted molar refractivity (Wildman–Crippen MR) is 133 cm³/mol. The third-order valence-corrected chi connectivity index (χ3v) is 6.67. The average molecular weight is 568 g/mol. The second-order valence-electron chi connectivity index (χ2n) is 8.62. The molecule has 9 heteroatoms. The van der Waals surface area contributed by atoms with Gasteiger partial charge in [-0.25, -0.2) is 0 Å². The topological polar surface area (TPSA) is 40.1 Å². The standard InChI is InChI=1S/C23H35F3N4O.HI/c1-4-27-21(30-13-11-29(12-14-30)19(3)23(24,25)26)28-17-22(9-15-31-16-10-22)20-8-6-5-7-18(20)2;/h5-8,19H,4,9-17H2,1-3H3,(H,27,28);1H. The number of aliphatic imine (C=N–C) groups is 1. The van der Waals surface area contributed by atoms with E-state index in [4.69, 9.17) is 9.73 Å². The largest absolute Gasteiger partial charge is 0.403 e. The van der Waals surface area contributed by atoms with Gasteiger partial charge in [0.1, 0.15) is 6.04 Å². The number of piperazine rings is 1. The molecule has 2 saturated heterocycles. The number of guanidine groups is 1. The summed E-state index contributed by atoms with van der Waals surface area (Å²) in [6.45, 7) is 10.0. The summed E-state index contributed by atoms with van der Waals surface area (Å²) in [4.78, 5) is 8.60. The molecule has 3 rings (SSSR count). The molecule has 182 valence electrons. The van der Waals surface area contributed by atoms with Crippen LogP contribution in [0.1, 0.15) is 37.8 Å². The summed E-state index contributed by atoms with van der Waals surface area (Å²) in [5.41, 5.74) is 2.51. The van der Waals surface area contributed by atoms with Gasteiger partial charge in [-0.05, 0) is 44.7 Å². The molecule has 0 saturated carbocycles. The van der Waals surface area contributed by atoms with E-state index >= 15 is 0 Å². The molecule has 2 heterocycles. The van der Waals surface area contributed by atoms with E-state index in [1.807, 2.05) is 6.92 Å². The van der Waals surface area contributed by atoms with Crippen LogP contribution in [0, 0.1) is 6.92 Å². The van der Waals surface area contributed by atoms with Crippen LogP contribution in [0.4, 0.5) is 13.2 Å². The number of alkyl halides is 3. The van der Waals surface area contributed by atoms with Crippen LogP contribution in [0.3, 0.4) is 0 Å². The van der Waals surface area contributed by atoms with Gasteiger partial charge in [0, 0.05) is 51.4 Å². The van der Waals surface area contributed by atoms with Gasteiger partial charge in [-0.1, -0.05) is 24.3 Å². The van der Waals surface area contributed by atoms with E-state index in [1.54, 1.807) is 0 Å². The average Bonchev–Trinajstić information content (AvgIpc) is 2.76. The Morgan fingerprint density at radius 2 is 1.78 bits per heavy atom.